The quantitative estimate of drug-likeness (QED) is 0.587. The van der Waals surface area contributed by atoms with Crippen molar-refractivity contribution in [1.82, 2.24) is 10.2 Å². The highest BCUT2D eigenvalue weighted by molar-refractivity contribution is 8.00. The molecule has 4 rings (SSSR count). The van der Waals surface area contributed by atoms with Crippen LogP contribution in [-0.4, -0.2) is 27.4 Å². The number of hydrogen-bond donors (Lipinski definition) is 0. The summed E-state index contributed by atoms with van der Waals surface area (Å²) in [6.45, 7) is 3.93. The standard InChI is InChI=1S/C20H18ClN3O2S/c1-12-10-14-6-3-4-9-17(14)24(12)19(25)13(2)27-20-23-22-18(26-20)15-7-5-8-16(21)11-15/h3-9,11-13H,10H2,1-2H3. The molecule has 0 saturated carbocycles. The fourth-order valence-corrected chi connectivity index (χ4v) is 4.22. The van der Waals surface area contributed by atoms with Crippen molar-refractivity contribution in [3.05, 3.63) is 59.1 Å². The molecule has 2 heterocycles. The Balaban J connectivity index is 1.50. The van der Waals surface area contributed by atoms with Gasteiger partial charge >= 0.3 is 0 Å². The highest BCUT2D eigenvalue weighted by Crippen LogP contribution is 2.35. The van der Waals surface area contributed by atoms with Crippen LogP contribution in [0.25, 0.3) is 11.5 Å². The molecule has 7 heteroatoms. The van der Waals surface area contributed by atoms with Crippen molar-refractivity contribution < 1.29 is 9.21 Å². The van der Waals surface area contributed by atoms with Crippen LogP contribution in [-0.2, 0) is 11.2 Å². The molecule has 0 aliphatic carbocycles. The minimum Gasteiger partial charge on any atom is -0.411 e. The van der Waals surface area contributed by atoms with Crippen LogP contribution < -0.4 is 4.90 Å². The zero-order valence-electron chi connectivity index (χ0n) is 14.9. The maximum absolute atomic E-state index is 13.0. The number of hydrogen-bond acceptors (Lipinski definition) is 5. The Morgan fingerprint density at radius 3 is 2.89 bits per heavy atom. The Labute approximate surface area is 166 Å². The van der Waals surface area contributed by atoms with Gasteiger partial charge in [0.25, 0.3) is 5.22 Å². The van der Waals surface area contributed by atoms with E-state index in [0.29, 0.717) is 16.1 Å². The molecule has 138 valence electrons. The second kappa shape index (κ2) is 7.37. The molecule has 0 saturated heterocycles. The summed E-state index contributed by atoms with van der Waals surface area (Å²) in [5.41, 5.74) is 2.95. The van der Waals surface area contributed by atoms with Gasteiger partial charge in [-0.2, -0.15) is 0 Å². The predicted octanol–water partition coefficient (Wildman–Crippen LogP) is 4.85. The van der Waals surface area contributed by atoms with Crippen LogP contribution in [0, 0.1) is 0 Å². The minimum atomic E-state index is -0.341. The van der Waals surface area contributed by atoms with E-state index in [9.17, 15) is 4.79 Å². The second-order valence-corrected chi connectivity index (χ2v) is 8.26. The Morgan fingerprint density at radius 2 is 2.07 bits per heavy atom. The largest absolute Gasteiger partial charge is 0.411 e. The van der Waals surface area contributed by atoms with Crippen molar-refractivity contribution in [3.63, 3.8) is 0 Å². The molecule has 1 aromatic heterocycles. The number of benzene rings is 2. The first-order chi connectivity index (χ1) is 13.0. The topological polar surface area (TPSA) is 59.2 Å². The van der Waals surface area contributed by atoms with Crippen molar-refractivity contribution in [2.75, 3.05) is 4.90 Å². The highest BCUT2D eigenvalue weighted by atomic mass is 35.5. The molecule has 0 fully saturated rings. The van der Waals surface area contributed by atoms with Crippen molar-refractivity contribution in [1.29, 1.82) is 0 Å². The summed E-state index contributed by atoms with van der Waals surface area (Å²) in [6, 6.07) is 15.4. The Hall–Kier alpha value is -2.31. The van der Waals surface area contributed by atoms with Gasteiger partial charge in [0.05, 0.1) is 5.25 Å². The second-order valence-electron chi connectivity index (χ2n) is 6.53. The molecule has 1 amide bonds. The Kier molecular flexibility index (Phi) is 4.93. The molecular formula is C20H18ClN3O2S. The average Bonchev–Trinajstić information content (AvgIpc) is 3.24. The number of thioether (sulfide) groups is 1. The molecule has 5 nitrogen and oxygen atoms in total. The third-order valence-corrected chi connectivity index (χ3v) is 5.70. The summed E-state index contributed by atoms with van der Waals surface area (Å²) in [4.78, 5) is 14.9. The Morgan fingerprint density at radius 1 is 1.26 bits per heavy atom. The lowest BCUT2D eigenvalue weighted by atomic mass is 10.1. The summed E-state index contributed by atoms with van der Waals surface area (Å²) in [5, 5.41) is 8.76. The smallest absolute Gasteiger partial charge is 0.277 e. The molecule has 0 N–H and O–H groups in total. The van der Waals surface area contributed by atoms with E-state index in [1.807, 2.05) is 42.2 Å². The van der Waals surface area contributed by atoms with Crippen LogP contribution in [0.15, 0.2) is 58.2 Å². The molecule has 2 aromatic carbocycles. The number of carbonyl (C=O) groups excluding carboxylic acids is 1. The van der Waals surface area contributed by atoms with Gasteiger partial charge in [0.2, 0.25) is 11.8 Å². The molecule has 0 spiro atoms. The van der Waals surface area contributed by atoms with E-state index in [2.05, 4.69) is 23.2 Å². The van der Waals surface area contributed by atoms with Gasteiger partial charge in [-0.3, -0.25) is 4.79 Å². The molecule has 27 heavy (non-hydrogen) atoms. The van der Waals surface area contributed by atoms with Gasteiger partial charge in [0, 0.05) is 22.3 Å². The summed E-state index contributed by atoms with van der Waals surface area (Å²) < 4.78 is 5.72. The summed E-state index contributed by atoms with van der Waals surface area (Å²) in [7, 11) is 0. The molecule has 0 bridgehead atoms. The van der Waals surface area contributed by atoms with Crippen molar-refractivity contribution in [3.8, 4) is 11.5 Å². The zero-order valence-corrected chi connectivity index (χ0v) is 16.5. The van der Waals surface area contributed by atoms with Gasteiger partial charge in [-0.15, -0.1) is 10.2 Å². The maximum Gasteiger partial charge on any atom is 0.277 e. The SMILES string of the molecule is CC(Sc1nnc(-c2cccc(Cl)c2)o1)C(=O)N1c2ccccc2CC1C. The number of halogens is 1. The van der Waals surface area contributed by atoms with Crippen molar-refractivity contribution in [2.45, 2.75) is 36.8 Å². The van der Waals surface area contributed by atoms with Crippen LogP contribution in [0.5, 0.6) is 0 Å². The third-order valence-electron chi connectivity index (χ3n) is 4.55. The van der Waals surface area contributed by atoms with E-state index >= 15 is 0 Å². The van der Waals surface area contributed by atoms with Crippen LogP contribution in [0.3, 0.4) is 0 Å². The fraction of sp³-hybridized carbons (Fsp3) is 0.250. The summed E-state index contributed by atoms with van der Waals surface area (Å²) in [6.07, 6.45) is 0.874. The van der Waals surface area contributed by atoms with Gasteiger partial charge in [-0.05, 0) is 50.1 Å². The number of nitrogens with zero attached hydrogens (tertiary/aromatic N) is 3. The first kappa shape index (κ1) is 18.1. The van der Waals surface area contributed by atoms with E-state index < -0.39 is 0 Å². The van der Waals surface area contributed by atoms with Crippen molar-refractivity contribution in [2.24, 2.45) is 0 Å². The van der Waals surface area contributed by atoms with Gasteiger partial charge in [-0.25, -0.2) is 0 Å². The van der Waals surface area contributed by atoms with E-state index in [1.165, 1.54) is 17.3 Å². The summed E-state index contributed by atoms with van der Waals surface area (Å²) in [5.74, 6) is 0.430. The molecule has 0 radical (unpaired) electrons. The monoisotopic (exact) mass is 399 g/mol. The Bertz CT molecular complexity index is 991. The fourth-order valence-electron chi connectivity index (χ4n) is 3.29. The van der Waals surface area contributed by atoms with Crippen LogP contribution in [0.2, 0.25) is 5.02 Å². The first-order valence-corrected chi connectivity index (χ1v) is 9.96. The van der Waals surface area contributed by atoms with Crippen LogP contribution >= 0.6 is 23.4 Å². The molecular weight excluding hydrogens is 382 g/mol. The molecule has 2 atom stereocenters. The lowest BCUT2D eigenvalue weighted by Crippen LogP contribution is -2.40. The molecule has 1 aliphatic heterocycles. The number of carbonyl (C=O) groups is 1. The van der Waals surface area contributed by atoms with E-state index in [-0.39, 0.29) is 17.2 Å². The number of para-hydroxylation sites is 1. The zero-order chi connectivity index (χ0) is 19.0. The van der Waals surface area contributed by atoms with Crippen molar-refractivity contribution >= 4 is 35.0 Å². The number of aromatic nitrogens is 2. The minimum absolute atomic E-state index is 0.0416. The lowest BCUT2D eigenvalue weighted by Gasteiger charge is -2.25. The van der Waals surface area contributed by atoms with Gasteiger partial charge in [0.15, 0.2) is 0 Å². The molecule has 1 aliphatic rings. The lowest BCUT2D eigenvalue weighted by molar-refractivity contribution is -0.118. The molecule has 3 aromatic rings. The molecule has 2 unspecified atom stereocenters. The maximum atomic E-state index is 13.0. The van der Waals surface area contributed by atoms with E-state index in [0.717, 1.165) is 17.7 Å². The normalized spacial score (nSPS) is 17.0. The number of rotatable bonds is 4. The van der Waals surface area contributed by atoms with Gasteiger partial charge < -0.3 is 9.32 Å². The van der Waals surface area contributed by atoms with E-state index in [4.69, 9.17) is 16.0 Å². The summed E-state index contributed by atoms with van der Waals surface area (Å²) >= 11 is 7.28. The predicted molar refractivity (Wildman–Crippen MR) is 107 cm³/mol. The average molecular weight is 400 g/mol. The van der Waals surface area contributed by atoms with Crippen LogP contribution in [0.1, 0.15) is 19.4 Å². The van der Waals surface area contributed by atoms with E-state index in [1.54, 1.807) is 12.1 Å². The third kappa shape index (κ3) is 3.59. The highest BCUT2D eigenvalue weighted by Gasteiger charge is 2.34. The van der Waals surface area contributed by atoms with Crippen LogP contribution in [0.4, 0.5) is 5.69 Å². The first-order valence-electron chi connectivity index (χ1n) is 8.70. The number of fused-ring (bicyclic) bond motifs is 1. The van der Waals surface area contributed by atoms with Gasteiger partial charge in [-0.1, -0.05) is 47.6 Å². The van der Waals surface area contributed by atoms with Gasteiger partial charge in [0.1, 0.15) is 0 Å². The number of anilines is 1. The number of amides is 1.